The van der Waals surface area contributed by atoms with Gasteiger partial charge in [-0.25, -0.2) is 4.98 Å². The minimum Gasteiger partial charge on any atom is -0.316 e. The van der Waals surface area contributed by atoms with Crippen molar-refractivity contribution in [3.05, 3.63) is 29.3 Å². The van der Waals surface area contributed by atoms with Crippen LogP contribution in [0.3, 0.4) is 0 Å². The fourth-order valence-corrected chi connectivity index (χ4v) is 4.02. The molecular formula is C17H25N3S. The lowest BCUT2D eigenvalue weighted by atomic mass is 9.98. The van der Waals surface area contributed by atoms with Gasteiger partial charge >= 0.3 is 0 Å². The van der Waals surface area contributed by atoms with Gasteiger partial charge in [0.25, 0.3) is 0 Å². The summed E-state index contributed by atoms with van der Waals surface area (Å²) in [7, 11) is 0. The Morgan fingerprint density at radius 3 is 2.95 bits per heavy atom. The molecule has 0 amide bonds. The van der Waals surface area contributed by atoms with Crippen molar-refractivity contribution in [2.45, 2.75) is 39.3 Å². The first-order chi connectivity index (χ1) is 10.2. The van der Waals surface area contributed by atoms with Gasteiger partial charge in [-0.1, -0.05) is 12.1 Å². The summed E-state index contributed by atoms with van der Waals surface area (Å²) in [5.41, 5.74) is 1.14. The minimum absolute atomic E-state index is 0.568. The molecule has 2 heterocycles. The van der Waals surface area contributed by atoms with Crippen molar-refractivity contribution in [3.8, 4) is 0 Å². The van der Waals surface area contributed by atoms with E-state index in [4.69, 9.17) is 4.98 Å². The van der Waals surface area contributed by atoms with Gasteiger partial charge in [0, 0.05) is 12.6 Å². The summed E-state index contributed by atoms with van der Waals surface area (Å²) in [5, 5.41) is 4.77. The first kappa shape index (κ1) is 14.9. The molecule has 2 aromatic rings. The van der Waals surface area contributed by atoms with Crippen LogP contribution in [0.25, 0.3) is 10.2 Å². The maximum atomic E-state index is 4.79. The third-order valence-electron chi connectivity index (χ3n) is 4.30. The lowest BCUT2D eigenvalue weighted by Gasteiger charge is -2.32. The number of para-hydroxylation sites is 1. The molecule has 0 bridgehead atoms. The number of piperidine rings is 1. The predicted octanol–water partition coefficient (Wildman–Crippen LogP) is 3.51. The molecule has 0 radical (unpaired) electrons. The molecule has 21 heavy (non-hydrogen) atoms. The van der Waals surface area contributed by atoms with Crippen molar-refractivity contribution in [1.29, 1.82) is 0 Å². The maximum absolute atomic E-state index is 4.79. The second-order valence-electron chi connectivity index (χ2n) is 6.31. The summed E-state index contributed by atoms with van der Waals surface area (Å²) >= 11 is 1.84. The van der Waals surface area contributed by atoms with E-state index in [1.165, 1.54) is 42.2 Å². The molecule has 3 rings (SSSR count). The normalized spacial score (nSPS) is 19.7. The average molecular weight is 303 g/mol. The smallest absolute Gasteiger partial charge is 0.108 e. The maximum Gasteiger partial charge on any atom is 0.108 e. The lowest BCUT2D eigenvalue weighted by Crippen LogP contribution is -2.40. The van der Waals surface area contributed by atoms with Gasteiger partial charge in [-0.15, -0.1) is 11.3 Å². The van der Waals surface area contributed by atoms with Crippen LogP contribution in [0.15, 0.2) is 24.3 Å². The van der Waals surface area contributed by atoms with E-state index < -0.39 is 0 Å². The van der Waals surface area contributed by atoms with Crippen molar-refractivity contribution in [2.24, 2.45) is 5.92 Å². The molecule has 1 atom stereocenters. The molecular weight excluding hydrogens is 278 g/mol. The van der Waals surface area contributed by atoms with E-state index in [1.54, 1.807) is 0 Å². The molecule has 1 unspecified atom stereocenters. The Balaban J connectivity index is 1.68. The van der Waals surface area contributed by atoms with Gasteiger partial charge in [0.05, 0.1) is 16.8 Å². The summed E-state index contributed by atoms with van der Waals surface area (Å²) in [6.45, 7) is 9.11. The third-order valence-corrected chi connectivity index (χ3v) is 5.32. The number of thiazole rings is 1. The molecule has 1 N–H and O–H groups in total. The zero-order valence-corrected chi connectivity index (χ0v) is 13.8. The number of rotatable bonds is 5. The monoisotopic (exact) mass is 303 g/mol. The fraction of sp³-hybridized carbons (Fsp3) is 0.588. The summed E-state index contributed by atoms with van der Waals surface area (Å²) in [6.07, 6.45) is 2.67. The molecule has 1 aliphatic rings. The van der Waals surface area contributed by atoms with Crippen molar-refractivity contribution in [2.75, 3.05) is 19.6 Å². The zero-order chi connectivity index (χ0) is 14.7. The Labute approximate surface area is 131 Å². The van der Waals surface area contributed by atoms with Crippen LogP contribution in [-0.2, 0) is 6.54 Å². The topological polar surface area (TPSA) is 28.2 Å². The summed E-state index contributed by atoms with van der Waals surface area (Å²) in [4.78, 5) is 7.37. The number of nitrogens with zero attached hydrogens (tertiary/aromatic N) is 2. The van der Waals surface area contributed by atoms with E-state index in [0.29, 0.717) is 6.04 Å². The zero-order valence-electron chi connectivity index (χ0n) is 13.0. The molecule has 1 saturated heterocycles. The molecule has 1 aromatic carbocycles. The molecule has 0 spiro atoms. The first-order valence-electron chi connectivity index (χ1n) is 8.01. The second-order valence-corrected chi connectivity index (χ2v) is 7.43. The summed E-state index contributed by atoms with van der Waals surface area (Å²) < 4.78 is 1.30. The molecule has 1 aliphatic heterocycles. The van der Waals surface area contributed by atoms with E-state index in [9.17, 15) is 0 Å². The van der Waals surface area contributed by atoms with Crippen molar-refractivity contribution >= 4 is 21.6 Å². The highest BCUT2D eigenvalue weighted by Crippen LogP contribution is 2.24. The van der Waals surface area contributed by atoms with Crippen LogP contribution < -0.4 is 5.32 Å². The summed E-state index contributed by atoms with van der Waals surface area (Å²) in [5.74, 6) is 0.788. The molecule has 1 fully saturated rings. The number of nitrogens with one attached hydrogen (secondary N) is 1. The molecule has 114 valence electrons. The quantitative estimate of drug-likeness (QED) is 0.916. The van der Waals surface area contributed by atoms with Crippen molar-refractivity contribution < 1.29 is 0 Å². The van der Waals surface area contributed by atoms with Gasteiger partial charge in [-0.2, -0.15) is 0 Å². The Morgan fingerprint density at radius 1 is 1.38 bits per heavy atom. The first-order valence-corrected chi connectivity index (χ1v) is 8.83. The average Bonchev–Trinajstić information content (AvgIpc) is 2.90. The highest BCUT2D eigenvalue weighted by Gasteiger charge is 2.20. The Kier molecular flexibility index (Phi) is 4.88. The number of hydrogen-bond acceptors (Lipinski definition) is 4. The third kappa shape index (κ3) is 3.82. The van der Waals surface area contributed by atoms with E-state index in [0.717, 1.165) is 18.0 Å². The summed E-state index contributed by atoms with van der Waals surface area (Å²) in [6, 6.07) is 9.01. The largest absolute Gasteiger partial charge is 0.316 e. The SMILES string of the molecule is CC(C)N(Cc1nc2ccccc2s1)CC1CCCNC1. The second kappa shape index (κ2) is 6.86. The predicted molar refractivity (Wildman–Crippen MR) is 90.8 cm³/mol. The number of aromatic nitrogens is 1. The van der Waals surface area contributed by atoms with E-state index in [-0.39, 0.29) is 0 Å². The fourth-order valence-electron chi connectivity index (χ4n) is 3.03. The van der Waals surface area contributed by atoms with Crippen LogP contribution in [0.2, 0.25) is 0 Å². The van der Waals surface area contributed by atoms with Gasteiger partial charge in [0.15, 0.2) is 0 Å². The molecule has 0 aliphatic carbocycles. The minimum atomic E-state index is 0.568. The van der Waals surface area contributed by atoms with Crippen LogP contribution in [0.1, 0.15) is 31.7 Å². The number of fused-ring (bicyclic) bond motifs is 1. The van der Waals surface area contributed by atoms with Crippen LogP contribution in [0.5, 0.6) is 0 Å². The van der Waals surface area contributed by atoms with E-state index >= 15 is 0 Å². The van der Waals surface area contributed by atoms with Crippen LogP contribution >= 0.6 is 11.3 Å². The van der Waals surface area contributed by atoms with Gasteiger partial charge in [0.1, 0.15) is 5.01 Å². The van der Waals surface area contributed by atoms with E-state index in [2.05, 4.69) is 48.3 Å². The Bertz CT molecular complexity index is 539. The van der Waals surface area contributed by atoms with Gasteiger partial charge in [-0.3, -0.25) is 4.90 Å². The highest BCUT2D eigenvalue weighted by atomic mass is 32.1. The molecule has 4 heteroatoms. The van der Waals surface area contributed by atoms with Crippen LogP contribution in [0.4, 0.5) is 0 Å². The standard InChI is InChI=1S/C17H25N3S/c1-13(2)20(11-14-6-5-9-18-10-14)12-17-19-15-7-3-4-8-16(15)21-17/h3-4,7-8,13-14,18H,5-6,9-12H2,1-2H3. The van der Waals surface area contributed by atoms with Gasteiger partial charge < -0.3 is 5.32 Å². The highest BCUT2D eigenvalue weighted by molar-refractivity contribution is 7.18. The van der Waals surface area contributed by atoms with E-state index in [1.807, 2.05) is 11.3 Å². The Morgan fingerprint density at radius 2 is 2.24 bits per heavy atom. The van der Waals surface area contributed by atoms with Gasteiger partial charge in [-0.05, 0) is 57.8 Å². The molecule has 3 nitrogen and oxygen atoms in total. The Hall–Kier alpha value is -0.970. The molecule has 1 aromatic heterocycles. The van der Waals surface area contributed by atoms with Crippen molar-refractivity contribution in [3.63, 3.8) is 0 Å². The molecule has 0 saturated carbocycles. The number of benzene rings is 1. The van der Waals surface area contributed by atoms with Crippen molar-refractivity contribution in [1.82, 2.24) is 15.2 Å². The van der Waals surface area contributed by atoms with Crippen LogP contribution in [-0.4, -0.2) is 35.6 Å². The lowest BCUT2D eigenvalue weighted by molar-refractivity contribution is 0.164. The number of hydrogen-bond donors (Lipinski definition) is 1. The van der Waals surface area contributed by atoms with Gasteiger partial charge in [0.2, 0.25) is 0 Å². The van der Waals surface area contributed by atoms with Crippen LogP contribution in [0, 0.1) is 5.92 Å².